The van der Waals surface area contributed by atoms with E-state index >= 15 is 0 Å². The van der Waals surface area contributed by atoms with Crippen molar-refractivity contribution >= 4 is 33.7 Å². The van der Waals surface area contributed by atoms with Crippen LogP contribution in [0.4, 0.5) is 0 Å². The Balaban J connectivity index is 2.51. The molecule has 0 saturated carbocycles. The highest BCUT2D eigenvalue weighted by Gasteiger charge is 2.27. The average Bonchev–Trinajstić information content (AvgIpc) is 3.20. The summed E-state index contributed by atoms with van der Waals surface area (Å²) in [4.78, 5) is 33.3. The molecule has 1 aromatic carbocycles. The molecule has 0 spiro atoms. The minimum absolute atomic E-state index is 0.00225. The third kappa shape index (κ3) is 4.15. The van der Waals surface area contributed by atoms with Gasteiger partial charge in [0.1, 0.15) is 11.2 Å². The van der Waals surface area contributed by atoms with Gasteiger partial charge in [0.2, 0.25) is 0 Å². The molecule has 3 aromatic rings. The highest BCUT2D eigenvalue weighted by Crippen LogP contribution is 2.44. The lowest BCUT2D eigenvalue weighted by molar-refractivity contribution is 0.0519. The number of H-pyrrole nitrogens is 1. The van der Waals surface area contributed by atoms with E-state index in [0.29, 0.717) is 41.1 Å². The molecule has 0 bridgehead atoms. The van der Waals surface area contributed by atoms with Crippen molar-refractivity contribution in [3.05, 3.63) is 29.1 Å². The zero-order valence-electron chi connectivity index (χ0n) is 18.6. The maximum absolute atomic E-state index is 12.9. The normalized spacial score (nSPS) is 11.0. The van der Waals surface area contributed by atoms with Crippen molar-refractivity contribution in [2.75, 3.05) is 26.4 Å². The van der Waals surface area contributed by atoms with Crippen molar-refractivity contribution in [3.8, 4) is 11.5 Å². The Hall–Kier alpha value is -3.29. The maximum atomic E-state index is 12.9. The van der Waals surface area contributed by atoms with Gasteiger partial charge in [-0.2, -0.15) is 0 Å². The second-order valence-electron chi connectivity index (χ2n) is 6.68. The number of aryl methyl sites for hydroxylation is 1. The van der Waals surface area contributed by atoms with Gasteiger partial charge >= 0.3 is 11.9 Å². The Bertz CT molecular complexity index is 1120. The van der Waals surface area contributed by atoms with E-state index in [-0.39, 0.29) is 24.5 Å². The zero-order chi connectivity index (χ0) is 22.5. The topological polar surface area (TPSA) is 99.7 Å². The van der Waals surface area contributed by atoms with Crippen LogP contribution in [0.2, 0.25) is 0 Å². The van der Waals surface area contributed by atoms with E-state index in [1.807, 2.05) is 26.8 Å². The molecule has 31 heavy (non-hydrogen) atoms. The third-order valence-corrected chi connectivity index (χ3v) is 4.75. The van der Waals surface area contributed by atoms with Crippen LogP contribution in [0.1, 0.15) is 61.2 Å². The Kier molecular flexibility index (Phi) is 6.99. The molecule has 1 N–H and O–H groups in total. The number of benzene rings is 1. The number of carbonyl (C=O) groups is 2. The lowest BCUT2D eigenvalue weighted by Crippen LogP contribution is -2.13. The van der Waals surface area contributed by atoms with Crippen LogP contribution in [0, 0.1) is 0 Å². The summed E-state index contributed by atoms with van der Waals surface area (Å²) in [7, 11) is 0. The van der Waals surface area contributed by atoms with Crippen LogP contribution in [0.25, 0.3) is 21.8 Å². The lowest BCUT2D eigenvalue weighted by atomic mass is 10.0. The summed E-state index contributed by atoms with van der Waals surface area (Å²) in [6.07, 6.45) is 0.759. The Labute approximate surface area is 180 Å². The molecule has 0 atom stereocenters. The number of nitrogens with one attached hydrogen (secondary N) is 1. The first kappa shape index (κ1) is 22.4. The molecule has 2 heterocycles. The van der Waals surface area contributed by atoms with Gasteiger partial charge in [0, 0.05) is 16.5 Å². The van der Waals surface area contributed by atoms with Gasteiger partial charge in [-0.05, 0) is 46.2 Å². The summed E-state index contributed by atoms with van der Waals surface area (Å²) in [5.74, 6) is -0.284. The quantitative estimate of drug-likeness (QED) is 0.503. The number of ether oxygens (including phenoxy) is 4. The van der Waals surface area contributed by atoms with Crippen molar-refractivity contribution in [1.29, 1.82) is 0 Å². The van der Waals surface area contributed by atoms with Crippen molar-refractivity contribution in [2.45, 2.75) is 41.0 Å². The number of carbonyl (C=O) groups excluding carboxylic acids is 2. The molecule has 0 aliphatic rings. The smallest absolute Gasteiger partial charge is 0.356 e. The molecule has 166 valence electrons. The molecule has 0 unspecified atom stereocenters. The second-order valence-corrected chi connectivity index (χ2v) is 6.68. The fourth-order valence-electron chi connectivity index (χ4n) is 3.51. The Morgan fingerprint density at radius 3 is 2.13 bits per heavy atom. The van der Waals surface area contributed by atoms with Crippen LogP contribution in [-0.2, 0) is 15.9 Å². The summed E-state index contributed by atoms with van der Waals surface area (Å²) in [5, 5.41) is 1.30. The molecule has 2 aromatic heterocycles. The first-order chi connectivity index (χ1) is 15.0. The molecule has 0 aliphatic heterocycles. The minimum atomic E-state index is -0.629. The van der Waals surface area contributed by atoms with E-state index in [9.17, 15) is 9.59 Å². The molecular formula is C23H28N2O6. The SMILES string of the molecule is CCOC(=O)c1cc(C(=O)OCC)c2c(n1)c(OCC)c(OCC)c1cc(CC)[nH]c12. The number of pyridine rings is 1. The van der Waals surface area contributed by atoms with Crippen LogP contribution in [0.5, 0.6) is 11.5 Å². The molecule has 3 rings (SSSR count). The number of hydrogen-bond acceptors (Lipinski definition) is 7. The maximum Gasteiger partial charge on any atom is 0.356 e. The summed E-state index contributed by atoms with van der Waals surface area (Å²) in [6, 6.07) is 3.40. The lowest BCUT2D eigenvalue weighted by Gasteiger charge is -2.17. The first-order valence-corrected chi connectivity index (χ1v) is 10.6. The van der Waals surface area contributed by atoms with Crippen molar-refractivity contribution in [1.82, 2.24) is 9.97 Å². The number of fused-ring (bicyclic) bond motifs is 3. The van der Waals surface area contributed by atoms with Gasteiger partial charge in [0.15, 0.2) is 11.5 Å². The molecular weight excluding hydrogens is 400 g/mol. The first-order valence-electron chi connectivity index (χ1n) is 10.6. The molecule has 0 radical (unpaired) electrons. The highest BCUT2D eigenvalue weighted by atomic mass is 16.5. The molecule has 0 amide bonds. The van der Waals surface area contributed by atoms with Crippen molar-refractivity contribution in [3.63, 3.8) is 0 Å². The third-order valence-electron chi connectivity index (χ3n) is 4.75. The summed E-state index contributed by atoms with van der Waals surface area (Å²) >= 11 is 0. The molecule has 8 nitrogen and oxygen atoms in total. The summed E-state index contributed by atoms with van der Waals surface area (Å²) in [5.41, 5.74) is 2.21. The van der Waals surface area contributed by atoms with E-state index in [4.69, 9.17) is 18.9 Å². The Morgan fingerprint density at radius 1 is 0.871 bits per heavy atom. The van der Waals surface area contributed by atoms with E-state index in [0.717, 1.165) is 17.5 Å². The highest BCUT2D eigenvalue weighted by molar-refractivity contribution is 6.19. The predicted octanol–water partition coefficient (Wildman–Crippen LogP) is 4.43. The zero-order valence-corrected chi connectivity index (χ0v) is 18.6. The van der Waals surface area contributed by atoms with Crippen LogP contribution in [0.3, 0.4) is 0 Å². The summed E-state index contributed by atoms with van der Waals surface area (Å²) < 4.78 is 22.3. The van der Waals surface area contributed by atoms with Gasteiger partial charge in [-0.25, -0.2) is 14.6 Å². The fraction of sp³-hybridized carbons (Fsp3) is 0.435. The van der Waals surface area contributed by atoms with E-state index in [2.05, 4.69) is 9.97 Å². The van der Waals surface area contributed by atoms with Crippen LogP contribution in [0.15, 0.2) is 12.1 Å². The molecule has 0 saturated heterocycles. The molecule has 0 aliphatic carbocycles. The summed E-state index contributed by atoms with van der Waals surface area (Å²) in [6.45, 7) is 10.3. The van der Waals surface area contributed by atoms with Crippen LogP contribution in [-0.4, -0.2) is 48.3 Å². The second kappa shape index (κ2) is 9.68. The van der Waals surface area contributed by atoms with Gasteiger partial charge in [0.05, 0.1) is 37.5 Å². The van der Waals surface area contributed by atoms with Crippen molar-refractivity contribution < 1.29 is 28.5 Å². The monoisotopic (exact) mass is 428 g/mol. The van der Waals surface area contributed by atoms with E-state index in [1.54, 1.807) is 13.8 Å². The standard InChI is InChI=1S/C23H28N2O6/c1-6-13-11-15-18(24-13)17-14(22(26)30-9-4)12-16(23(27)31-10-5)25-19(17)21(29-8-3)20(15)28-7-2/h11-12,24H,6-10H2,1-5H3. The van der Waals surface area contributed by atoms with Gasteiger partial charge in [-0.15, -0.1) is 0 Å². The minimum Gasteiger partial charge on any atom is -0.489 e. The Morgan fingerprint density at radius 2 is 1.52 bits per heavy atom. The van der Waals surface area contributed by atoms with Gasteiger partial charge in [-0.3, -0.25) is 0 Å². The number of aromatic nitrogens is 2. The fourth-order valence-corrected chi connectivity index (χ4v) is 3.51. The van der Waals surface area contributed by atoms with Crippen LogP contribution < -0.4 is 9.47 Å². The average molecular weight is 428 g/mol. The van der Waals surface area contributed by atoms with E-state index < -0.39 is 11.9 Å². The van der Waals surface area contributed by atoms with Gasteiger partial charge < -0.3 is 23.9 Å². The largest absolute Gasteiger partial charge is 0.489 e. The predicted molar refractivity (Wildman–Crippen MR) is 117 cm³/mol. The number of esters is 2. The molecule has 0 fully saturated rings. The van der Waals surface area contributed by atoms with Gasteiger partial charge in [-0.1, -0.05) is 6.92 Å². The number of nitrogens with zero attached hydrogens (tertiary/aromatic N) is 1. The number of hydrogen-bond donors (Lipinski definition) is 1. The van der Waals surface area contributed by atoms with Crippen molar-refractivity contribution in [2.24, 2.45) is 0 Å². The van der Waals surface area contributed by atoms with E-state index in [1.165, 1.54) is 6.07 Å². The molecule has 8 heteroatoms. The number of aromatic amines is 1. The van der Waals surface area contributed by atoms with Gasteiger partial charge in [0.25, 0.3) is 0 Å². The van der Waals surface area contributed by atoms with Crippen LogP contribution >= 0.6 is 0 Å². The number of rotatable bonds is 9.